The van der Waals surface area contributed by atoms with E-state index in [-0.39, 0.29) is 5.91 Å². The quantitative estimate of drug-likeness (QED) is 0.876. The van der Waals surface area contributed by atoms with Gasteiger partial charge in [0.05, 0.1) is 11.3 Å². The average molecular weight is 350 g/mol. The summed E-state index contributed by atoms with van der Waals surface area (Å²) in [5, 5.41) is 15.3. The van der Waals surface area contributed by atoms with Crippen molar-refractivity contribution in [2.75, 3.05) is 18.4 Å². The van der Waals surface area contributed by atoms with Crippen LogP contribution in [0.15, 0.2) is 22.7 Å². The van der Waals surface area contributed by atoms with Crippen LogP contribution < -0.4 is 10.6 Å². The zero-order valence-corrected chi connectivity index (χ0v) is 13.7. The molecule has 1 saturated heterocycles. The van der Waals surface area contributed by atoms with Gasteiger partial charge < -0.3 is 10.6 Å². The minimum Gasteiger partial charge on any atom is -0.325 e. The van der Waals surface area contributed by atoms with Crippen molar-refractivity contribution in [1.29, 1.82) is 5.26 Å². The van der Waals surface area contributed by atoms with Crippen molar-refractivity contribution in [1.82, 2.24) is 5.32 Å². The Morgan fingerprint density at radius 2 is 2.43 bits per heavy atom. The Labute approximate surface area is 134 Å². The molecule has 1 amide bonds. The van der Waals surface area contributed by atoms with Gasteiger partial charge in [0.2, 0.25) is 5.91 Å². The topological polar surface area (TPSA) is 64.9 Å². The van der Waals surface area contributed by atoms with Crippen LogP contribution in [0.5, 0.6) is 0 Å². The highest BCUT2D eigenvalue weighted by atomic mass is 79.9. The van der Waals surface area contributed by atoms with Crippen LogP contribution in [-0.4, -0.2) is 19.0 Å². The van der Waals surface area contributed by atoms with Gasteiger partial charge in [0.1, 0.15) is 6.07 Å². The monoisotopic (exact) mass is 349 g/mol. The third-order valence-corrected chi connectivity index (χ3v) is 4.52. The first-order valence-corrected chi connectivity index (χ1v) is 8.09. The Balaban J connectivity index is 1.95. The van der Waals surface area contributed by atoms with E-state index < -0.39 is 0 Å². The van der Waals surface area contributed by atoms with Gasteiger partial charge in [-0.25, -0.2) is 0 Å². The van der Waals surface area contributed by atoms with Crippen LogP contribution in [0.25, 0.3) is 0 Å². The SMILES string of the molecule is CC(CC(=O)Nc1cc(Br)ccc1C#N)C1CCCNC1. The molecule has 1 heterocycles. The minimum atomic E-state index is -0.0253. The maximum atomic E-state index is 12.2. The Morgan fingerprint density at radius 3 is 3.10 bits per heavy atom. The molecule has 0 saturated carbocycles. The van der Waals surface area contributed by atoms with Crippen molar-refractivity contribution in [3.63, 3.8) is 0 Å². The molecule has 4 nitrogen and oxygen atoms in total. The normalized spacial score (nSPS) is 19.6. The fraction of sp³-hybridized carbons (Fsp3) is 0.500. The molecular weight excluding hydrogens is 330 g/mol. The molecule has 2 atom stereocenters. The molecule has 0 bridgehead atoms. The van der Waals surface area contributed by atoms with Gasteiger partial charge in [-0.3, -0.25) is 4.79 Å². The first-order chi connectivity index (χ1) is 10.1. The lowest BCUT2D eigenvalue weighted by Gasteiger charge is -2.28. The number of hydrogen-bond donors (Lipinski definition) is 2. The predicted octanol–water partition coefficient (Wildman–Crippen LogP) is 3.29. The van der Waals surface area contributed by atoms with Gasteiger partial charge in [-0.1, -0.05) is 22.9 Å². The minimum absolute atomic E-state index is 0.0253. The summed E-state index contributed by atoms with van der Waals surface area (Å²) in [5.74, 6) is 0.876. The molecule has 0 aromatic heterocycles. The molecule has 1 aromatic rings. The van der Waals surface area contributed by atoms with E-state index in [1.807, 2.05) is 0 Å². The number of carbonyl (C=O) groups is 1. The number of nitrogens with one attached hydrogen (secondary N) is 2. The fourth-order valence-electron chi connectivity index (χ4n) is 2.74. The van der Waals surface area contributed by atoms with E-state index in [1.54, 1.807) is 18.2 Å². The van der Waals surface area contributed by atoms with E-state index in [0.29, 0.717) is 29.5 Å². The maximum absolute atomic E-state index is 12.2. The number of nitriles is 1. The van der Waals surface area contributed by atoms with Gasteiger partial charge in [0, 0.05) is 10.9 Å². The summed E-state index contributed by atoms with van der Waals surface area (Å²) >= 11 is 3.36. The number of anilines is 1. The number of rotatable bonds is 4. The number of benzene rings is 1. The number of piperidine rings is 1. The number of hydrogen-bond acceptors (Lipinski definition) is 3. The largest absolute Gasteiger partial charge is 0.325 e. The highest BCUT2D eigenvalue weighted by Crippen LogP contribution is 2.24. The standard InChI is InChI=1S/C16H20BrN3O/c1-11(13-3-2-6-19-10-13)7-16(21)20-15-8-14(17)5-4-12(15)9-18/h4-5,8,11,13,19H,2-3,6-7,10H2,1H3,(H,20,21). The summed E-state index contributed by atoms with van der Waals surface area (Å²) in [6, 6.07) is 7.37. The fourth-order valence-corrected chi connectivity index (χ4v) is 3.10. The third-order valence-electron chi connectivity index (χ3n) is 4.02. The molecule has 1 fully saturated rings. The third kappa shape index (κ3) is 4.55. The van der Waals surface area contributed by atoms with Crippen molar-refractivity contribution in [2.45, 2.75) is 26.2 Å². The summed E-state index contributed by atoms with van der Waals surface area (Å²) in [5.41, 5.74) is 1.06. The van der Waals surface area contributed by atoms with Gasteiger partial charge in [-0.2, -0.15) is 5.26 Å². The molecule has 2 rings (SSSR count). The van der Waals surface area contributed by atoms with Crippen LogP contribution in [0.4, 0.5) is 5.69 Å². The predicted molar refractivity (Wildman–Crippen MR) is 86.9 cm³/mol. The average Bonchev–Trinajstić information content (AvgIpc) is 2.48. The van der Waals surface area contributed by atoms with E-state index in [0.717, 1.165) is 17.6 Å². The molecule has 1 aliphatic rings. The van der Waals surface area contributed by atoms with E-state index in [4.69, 9.17) is 5.26 Å². The maximum Gasteiger partial charge on any atom is 0.224 e. The van der Waals surface area contributed by atoms with Crippen molar-refractivity contribution in [2.24, 2.45) is 11.8 Å². The molecule has 5 heteroatoms. The summed E-state index contributed by atoms with van der Waals surface area (Å²) in [7, 11) is 0. The lowest BCUT2D eigenvalue weighted by atomic mass is 9.85. The first-order valence-electron chi connectivity index (χ1n) is 7.30. The van der Waals surface area contributed by atoms with Crippen molar-refractivity contribution in [3.8, 4) is 6.07 Å². The number of nitrogens with zero attached hydrogens (tertiary/aromatic N) is 1. The van der Waals surface area contributed by atoms with Crippen LogP contribution in [0.1, 0.15) is 31.7 Å². The van der Waals surface area contributed by atoms with Crippen LogP contribution in [-0.2, 0) is 4.79 Å². The molecule has 0 aliphatic carbocycles. The first kappa shape index (κ1) is 16.0. The Kier molecular flexibility index (Phi) is 5.77. The Hall–Kier alpha value is -1.38. The van der Waals surface area contributed by atoms with E-state index in [9.17, 15) is 4.79 Å². The molecule has 112 valence electrons. The van der Waals surface area contributed by atoms with Gasteiger partial charge in [-0.15, -0.1) is 0 Å². The summed E-state index contributed by atoms with van der Waals surface area (Å²) < 4.78 is 0.848. The zero-order chi connectivity index (χ0) is 15.2. The van der Waals surface area contributed by atoms with Crippen LogP contribution in [0, 0.1) is 23.2 Å². The van der Waals surface area contributed by atoms with E-state index >= 15 is 0 Å². The van der Waals surface area contributed by atoms with Gasteiger partial charge in [0.15, 0.2) is 0 Å². The molecule has 1 aromatic carbocycles. The van der Waals surface area contributed by atoms with Gasteiger partial charge in [-0.05, 0) is 56.0 Å². The smallest absolute Gasteiger partial charge is 0.224 e. The second-order valence-electron chi connectivity index (χ2n) is 5.64. The summed E-state index contributed by atoms with van der Waals surface area (Å²) in [6.45, 7) is 4.21. The molecule has 2 unspecified atom stereocenters. The summed E-state index contributed by atoms with van der Waals surface area (Å²) in [4.78, 5) is 12.2. The van der Waals surface area contributed by atoms with Crippen LogP contribution in [0.3, 0.4) is 0 Å². The number of halogens is 1. The molecule has 0 spiro atoms. The second kappa shape index (κ2) is 7.58. The highest BCUT2D eigenvalue weighted by Gasteiger charge is 2.22. The molecule has 21 heavy (non-hydrogen) atoms. The molecular formula is C16H20BrN3O. The molecule has 1 aliphatic heterocycles. The second-order valence-corrected chi connectivity index (χ2v) is 6.55. The highest BCUT2D eigenvalue weighted by molar-refractivity contribution is 9.10. The van der Waals surface area contributed by atoms with Crippen molar-refractivity contribution < 1.29 is 4.79 Å². The zero-order valence-electron chi connectivity index (χ0n) is 12.2. The van der Waals surface area contributed by atoms with Crippen LogP contribution in [0.2, 0.25) is 0 Å². The lowest BCUT2D eigenvalue weighted by Crippen LogP contribution is -2.34. The number of amides is 1. The molecule has 0 radical (unpaired) electrons. The Morgan fingerprint density at radius 1 is 1.62 bits per heavy atom. The van der Waals surface area contributed by atoms with Gasteiger partial charge in [0.25, 0.3) is 0 Å². The number of carbonyl (C=O) groups excluding carboxylic acids is 1. The van der Waals surface area contributed by atoms with E-state index in [2.05, 4.69) is 39.6 Å². The Bertz CT molecular complexity index is 547. The van der Waals surface area contributed by atoms with Crippen molar-refractivity contribution >= 4 is 27.5 Å². The summed E-state index contributed by atoms with van der Waals surface area (Å²) in [6.07, 6.45) is 2.85. The van der Waals surface area contributed by atoms with E-state index in [1.165, 1.54) is 12.8 Å². The lowest BCUT2D eigenvalue weighted by molar-refractivity contribution is -0.117. The van der Waals surface area contributed by atoms with Gasteiger partial charge >= 0.3 is 0 Å². The molecule has 2 N–H and O–H groups in total. The van der Waals surface area contributed by atoms with Crippen molar-refractivity contribution in [3.05, 3.63) is 28.2 Å². The van der Waals surface area contributed by atoms with Crippen LogP contribution >= 0.6 is 15.9 Å².